The Kier molecular flexibility index (Phi) is 5.49. The van der Waals surface area contributed by atoms with Gasteiger partial charge in [0.25, 0.3) is 0 Å². The number of rotatable bonds is 4. The molecule has 0 aliphatic carbocycles. The van der Waals surface area contributed by atoms with Crippen molar-refractivity contribution >= 4 is 5.91 Å². The minimum Gasteiger partial charge on any atom is -0.337 e. The predicted molar refractivity (Wildman–Crippen MR) is 66.4 cm³/mol. The van der Waals surface area contributed by atoms with Gasteiger partial charge in [-0.25, -0.2) is 0 Å². The maximum absolute atomic E-state index is 11.7. The van der Waals surface area contributed by atoms with Gasteiger partial charge in [-0.05, 0) is 7.05 Å². The number of piperazine rings is 1. The maximum atomic E-state index is 11.7. The van der Waals surface area contributed by atoms with Crippen molar-refractivity contribution in [1.29, 1.82) is 0 Å². The molecule has 4 nitrogen and oxygen atoms in total. The first-order valence-electron chi connectivity index (χ1n) is 5.97. The van der Waals surface area contributed by atoms with E-state index in [-0.39, 0.29) is 5.91 Å². The SMILES string of the molecule is CC(C)NC/C=C/C(=O)N1CCN(C)CC1. The summed E-state index contributed by atoms with van der Waals surface area (Å²) in [5, 5.41) is 3.25. The number of hydrogen-bond donors (Lipinski definition) is 1. The maximum Gasteiger partial charge on any atom is 0.246 e. The van der Waals surface area contributed by atoms with Gasteiger partial charge in [-0.1, -0.05) is 19.9 Å². The van der Waals surface area contributed by atoms with Gasteiger partial charge in [0, 0.05) is 44.8 Å². The molecule has 0 aromatic carbocycles. The van der Waals surface area contributed by atoms with E-state index in [0.717, 1.165) is 32.7 Å². The minimum atomic E-state index is 0.138. The molecule has 0 saturated carbocycles. The molecule has 0 atom stereocenters. The molecule has 92 valence electrons. The van der Waals surface area contributed by atoms with Crippen molar-refractivity contribution in [2.24, 2.45) is 0 Å². The Balaban J connectivity index is 2.24. The zero-order chi connectivity index (χ0) is 12.0. The molecular weight excluding hydrogens is 202 g/mol. The van der Waals surface area contributed by atoms with E-state index in [9.17, 15) is 4.79 Å². The second-order valence-electron chi connectivity index (χ2n) is 4.59. The van der Waals surface area contributed by atoms with Crippen LogP contribution in [0.4, 0.5) is 0 Å². The first-order valence-corrected chi connectivity index (χ1v) is 5.97. The Labute approximate surface area is 98.3 Å². The normalized spacial score (nSPS) is 18.6. The monoisotopic (exact) mass is 225 g/mol. The molecule has 1 aliphatic rings. The number of hydrogen-bond acceptors (Lipinski definition) is 3. The molecule has 4 heteroatoms. The van der Waals surface area contributed by atoms with Crippen LogP contribution >= 0.6 is 0 Å². The van der Waals surface area contributed by atoms with E-state index >= 15 is 0 Å². The Morgan fingerprint density at radius 1 is 1.31 bits per heavy atom. The van der Waals surface area contributed by atoms with Crippen LogP contribution in [0.2, 0.25) is 0 Å². The van der Waals surface area contributed by atoms with Crippen LogP contribution in [0.3, 0.4) is 0 Å². The van der Waals surface area contributed by atoms with Gasteiger partial charge in [-0.3, -0.25) is 4.79 Å². The number of likely N-dealkylation sites (N-methyl/N-ethyl adjacent to an activating group) is 1. The Morgan fingerprint density at radius 3 is 2.50 bits per heavy atom. The Hall–Kier alpha value is -0.870. The van der Waals surface area contributed by atoms with Crippen molar-refractivity contribution in [3.63, 3.8) is 0 Å². The third-order valence-corrected chi connectivity index (χ3v) is 2.72. The first-order chi connectivity index (χ1) is 7.59. The average Bonchev–Trinajstić information content (AvgIpc) is 2.25. The quantitative estimate of drug-likeness (QED) is 0.700. The van der Waals surface area contributed by atoms with Gasteiger partial charge in [0.1, 0.15) is 0 Å². The summed E-state index contributed by atoms with van der Waals surface area (Å²) in [4.78, 5) is 15.9. The summed E-state index contributed by atoms with van der Waals surface area (Å²) in [6.45, 7) is 8.59. The van der Waals surface area contributed by atoms with E-state index in [1.807, 2.05) is 11.0 Å². The van der Waals surface area contributed by atoms with Gasteiger partial charge in [0.15, 0.2) is 0 Å². The second-order valence-corrected chi connectivity index (χ2v) is 4.59. The summed E-state index contributed by atoms with van der Waals surface area (Å²) in [5.74, 6) is 0.138. The second kappa shape index (κ2) is 6.66. The number of nitrogens with one attached hydrogen (secondary N) is 1. The summed E-state index contributed by atoms with van der Waals surface area (Å²) in [6, 6.07) is 0.461. The lowest BCUT2D eigenvalue weighted by Crippen LogP contribution is -2.46. The fourth-order valence-corrected chi connectivity index (χ4v) is 1.60. The van der Waals surface area contributed by atoms with E-state index in [1.54, 1.807) is 6.08 Å². The summed E-state index contributed by atoms with van der Waals surface area (Å²) < 4.78 is 0. The van der Waals surface area contributed by atoms with E-state index < -0.39 is 0 Å². The lowest BCUT2D eigenvalue weighted by atomic mass is 10.3. The van der Waals surface area contributed by atoms with Crippen molar-refractivity contribution in [1.82, 2.24) is 15.1 Å². The van der Waals surface area contributed by atoms with Crippen LogP contribution in [-0.4, -0.2) is 61.5 Å². The average molecular weight is 225 g/mol. The summed E-state index contributed by atoms with van der Waals surface area (Å²) >= 11 is 0. The van der Waals surface area contributed by atoms with Crippen molar-refractivity contribution in [2.45, 2.75) is 19.9 Å². The van der Waals surface area contributed by atoms with Crippen molar-refractivity contribution in [2.75, 3.05) is 39.8 Å². The van der Waals surface area contributed by atoms with Crippen LogP contribution in [0.1, 0.15) is 13.8 Å². The van der Waals surface area contributed by atoms with E-state index in [4.69, 9.17) is 0 Å². The molecule has 1 amide bonds. The van der Waals surface area contributed by atoms with Crippen LogP contribution in [0.25, 0.3) is 0 Å². The highest BCUT2D eigenvalue weighted by Crippen LogP contribution is 1.99. The third-order valence-electron chi connectivity index (χ3n) is 2.72. The van der Waals surface area contributed by atoms with Crippen molar-refractivity contribution in [3.8, 4) is 0 Å². The molecule has 1 aliphatic heterocycles. The fraction of sp³-hybridized carbons (Fsp3) is 0.750. The Bertz CT molecular complexity index is 243. The molecule has 1 rings (SSSR count). The minimum absolute atomic E-state index is 0.138. The molecule has 0 aromatic heterocycles. The molecule has 0 radical (unpaired) electrons. The number of carbonyl (C=O) groups excluding carboxylic acids is 1. The van der Waals surface area contributed by atoms with E-state index in [0.29, 0.717) is 6.04 Å². The highest BCUT2D eigenvalue weighted by molar-refractivity contribution is 5.87. The lowest BCUT2D eigenvalue weighted by Gasteiger charge is -2.31. The van der Waals surface area contributed by atoms with Gasteiger partial charge >= 0.3 is 0 Å². The topological polar surface area (TPSA) is 35.6 Å². The summed E-state index contributed by atoms with van der Waals surface area (Å²) in [5.41, 5.74) is 0. The predicted octanol–water partition coefficient (Wildman–Crippen LogP) is 0.315. The van der Waals surface area contributed by atoms with Crippen LogP contribution in [0, 0.1) is 0 Å². The molecule has 1 fully saturated rings. The molecule has 16 heavy (non-hydrogen) atoms. The van der Waals surface area contributed by atoms with Gasteiger partial charge < -0.3 is 15.1 Å². The largest absolute Gasteiger partial charge is 0.337 e. The number of carbonyl (C=O) groups is 1. The molecular formula is C12H23N3O. The zero-order valence-corrected chi connectivity index (χ0v) is 10.6. The van der Waals surface area contributed by atoms with Crippen LogP contribution in [0.5, 0.6) is 0 Å². The molecule has 0 bridgehead atoms. The highest BCUT2D eigenvalue weighted by atomic mass is 16.2. The fourth-order valence-electron chi connectivity index (χ4n) is 1.60. The molecule has 0 spiro atoms. The van der Waals surface area contributed by atoms with Gasteiger partial charge in [0.05, 0.1) is 0 Å². The third kappa shape index (κ3) is 4.77. The van der Waals surface area contributed by atoms with Crippen molar-refractivity contribution < 1.29 is 4.79 Å². The zero-order valence-electron chi connectivity index (χ0n) is 10.6. The van der Waals surface area contributed by atoms with Gasteiger partial charge in [-0.15, -0.1) is 0 Å². The van der Waals surface area contributed by atoms with E-state index in [1.165, 1.54) is 0 Å². The molecule has 0 aromatic rings. The summed E-state index contributed by atoms with van der Waals surface area (Å²) in [6.07, 6.45) is 3.58. The highest BCUT2D eigenvalue weighted by Gasteiger charge is 2.16. The number of amides is 1. The smallest absolute Gasteiger partial charge is 0.246 e. The molecule has 0 unspecified atom stereocenters. The van der Waals surface area contributed by atoms with Crippen LogP contribution in [0.15, 0.2) is 12.2 Å². The number of nitrogens with zero attached hydrogens (tertiary/aromatic N) is 2. The van der Waals surface area contributed by atoms with Crippen molar-refractivity contribution in [3.05, 3.63) is 12.2 Å². The van der Waals surface area contributed by atoms with E-state index in [2.05, 4.69) is 31.1 Å². The Morgan fingerprint density at radius 2 is 1.94 bits per heavy atom. The standard InChI is InChI=1S/C12H23N3O/c1-11(2)13-6-4-5-12(16)15-9-7-14(3)8-10-15/h4-5,11,13H,6-10H2,1-3H3/b5-4+. The molecule has 1 saturated heterocycles. The van der Waals surface area contributed by atoms with Gasteiger partial charge in [0.2, 0.25) is 5.91 Å². The van der Waals surface area contributed by atoms with Gasteiger partial charge in [-0.2, -0.15) is 0 Å². The van der Waals surface area contributed by atoms with Crippen LogP contribution < -0.4 is 5.32 Å². The lowest BCUT2D eigenvalue weighted by molar-refractivity contribution is -0.127. The molecule has 1 heterocycles. The summed E-state index contributed by atoms with van der Waals surface area (Å²) in [7, 11) is 2.09. The molecule has 1 N–H and O–H groups in total. The van der Waals surface area contributed by atoms with Crippen LogP contribution in [-0.2, 0) is 4.79 Å². The first kappa shape index (κ1) is 13.2.